The first-order valence-electron chi connectivity index (χ1n) is 10.1. The minimum absolute atomic E-state index is 0.204. The summed E-state index contributed by atoms with van der Waals surface area (Å²) in [5.74, 6) is 4.41. The molecule has 0 amide bonds. The molecule has 4 aliphatic carbocycles. The molecule has 2 aromatic carbocycles. The second-order valence-corrected chi connectivity index (χ2v) is 9.20. The molecule has 0 aromatic heterocycles. The minimum Gasteiger partial charge on any atom is -0.497 e. The number of aryl methyl sites for hydroxylation is 1. The first-order chi connectivity index (χ1) is 12.6. The largest absolute Gasteiger partial charge is 0.497 e. The van der Waals surface area contributed by atoms with Gasteiger partial charge < -0.3 is 4.74 Å². The Morgan fingerprint density at radius 1 is 0.923 bits per heavy atom. The van der Waals surface area contributed by atoms with Crippen LogP contribution < -0.4 is 4.74 Å². The zero-order valence-electron chi connectivity index (χ0n) is 15.9. The standard InChI is InChI=1S/C25H26O/c1-14-4-6-18-19-7-5-17(26-3)11-24(19)25(23(18)8-14)12-21-16-9-15(2)20(10-16)22(21)13-25/h4-9,11,16,20-22H,10,12-13H2,1-3H3. The van der Waals surface area contributed by atoms with Gasteiger partial charge in [0.05, 0.1) is 7.11 Å². The molecule has 6 rings (SSSR count). The normalized spacial score (nSPS) is 35.4. The predicted octanol–water partition coefficient (Wildman–Crippen LogP) is 5.89. The zero-order valence-corrected chi connectivity index (χ0v) is 15.9. The van der Waals surface area contributed by atoms with Crippen LogP contribution in [0.5, 0.6) is 5.75 Å². The molecular formula is C25H26O. The summed E-state index contributed by atoms with van der Waals surface area (Å²) < 4.78 is 5.62. The molecule has 1 nitrogen and oxygen atoms in total. The number of allylic oxidation sites excluding steroid dienone is 2. The number of ether oxygens (including phenoxy) is 1. The van der Waals surface area contributed by atoms with Crippen LogP contribution in [0.3, 0.4) is 0 Å². The molecule has 4 aliphatic rings. The topological polar surface area (TPSA) is 9.23 Å². The first-order valence-corrected chi connectivity index (χ1v) is 10.1. The lowest BCUT2D eigenvalue weighted by Crippen LogP contribution is -2.23. The van der Waals surface area contributed by atoms with Crippen molar-refractivity contribution in [3.05, 3.63) is 64.7 Å². The van der Waals surface area contributed by atoms with Crippen molar-refractivity contribution < 1.29 is 4.74 Å². The number of methoxy groups -OCH3 is 1. The van der Waals surface area contributed by atoms with Gasteiger partial charge in [-0.15, -0.1) is 0 Å². The zero-order chi connectivity index (χ0) is 17.6. The van der Waals surface area contributed by atoms with Crippen LogP contribution in [0.1, 0.15) is 42.9 Å². The van der Waals surface area contributed by atoms with Crippen molar-refractivity contribution in [1.82, 2.24) is 0 Å². The lowest BCUT2D eigenvalue weighted by Gasteiger charge is -2.29. The summed E-state index contributed by atoms with van der Waals surface area (Å²) >= 11 is 0. The van der Waals surface area contributed by atoms with E-state index in [0.29, 0.717) is 0 Å². The summed E-state index contributed by atoms with van der Waals surface area (Å²) in [7, 11) is 1.79. The van der Waals surface area contributed by atoms with E-state index in [-0.39, 0.29) is 5.41 Å². The molecule has 5 unspecified atom stereocenters. The third-order valence-corrected chi connectivity index (χ3v) is 8.10. The van der Waals surface area contributed by atoms with Gasteiger partial charge in [-0.3, -0.25) is 0 Å². The van der Waals surface area contributed by atoms with Gasteiger partial charge in [0.15, 0.2) is 0 Å². The van der Waals surface area contributed by atoms with Gasteiger partial charge in [-0.25, -0.2) is 0 Å². The third-order valence-electron chi connectivity index (χ3n) is 8.10. The monoisotopic (exact) mass is 342 g/mol. The van der Waals surface area contributed by atoms with E-state index in [1.165, 1.54) is 41.5 Å². The van der Waals surface area contributed by atoms with E-state index in [1.54, 1.807) is 18.2 Å². The Morgan fingerprint density at radius 2 is 1.65 bits per heavy atom. The molecule has 2 saturated carbocycles. The van der Waals surface area contributed by atoms with E-state index in [2.05, 4.69) is 56.3 Å². The summed E-state index contributed by atoms with van der Waals surface area (Å²) in [4.78, 5) is 0. The highest BCUT2D eigenvalue weighted by atomic mass is 16.5. The van der Waals surface area contributed by atoms with Gasteiger partial charge in [-0.05, 0) is 91.2 Å². The first kappa shape index (κ1) is 15.1. The molecule has 0 radical (unpaired) electrons. The Labute approximate surface area is 156 Å². The fourth-order valence-electron chi connectivity index (χ4n) is 7.07. The van der Waals surface area contributed by atoms with Crippen molar-refractivity contribution in [1.29, 1.82) is 0 Å². The van der Waals surface area contributed by atoms with Crippen LogP contribution in [0, 0.1) is 30.6 Å². The summed E-state index contributed by atoms with van der Waals surface area (Å²) in [6, 6.07) is 13.9. The quantitative estimate of drug-likeness (QED) is 0.587. The number of benzene rings is 2. The Hall–Kier alpha value is -2.02. The average molecular weight is 342 g/mol. The second kappa shape index (κ2) is 4.82. The summed E-state index contributed by atoms with van der Waals surface area (Å²) in [6.07, 6.45) is 6.66. The van der Waals surface area contributed by atoms with Gasteiger partial charge in [-0.1, -0.05) is 41.5 Å². The van der Waals surface area contributed by atoms with Gasteiger partial charge in [-0.2, -0.15) is 0 Å². The fraction of sp³-hybridized carbons (Fsp3) is 0.440. The molecule has 0 aliphatic heterocycles. The fourth-order valence-corrected chi connectivity index (χ4v) is 7.07. The summed E-state index contributed by atoms with van der Waals surface area (Å²) in [5.41, 5.74) is 9.29. The van der Waals surface area contributed by atoms with Crippen molar-refractivity contribution >= 4 is 0 Å². The van der Waals surface area contributed by atoms with E-state index in [1.807, 2.05) is 0 Å². The number of hydrogen-bond acceptors (Lipinski definition) is 1. The minimum atomic E-state index is 0.204. The van der Waals surface area contributed by atoms with E-state index >= 15 is 0 Å². The van der Waals surface area contributed by atoms with Crippen molar-refractivity contribution in [3.8, 4) is 16.9 Å². The third kappa shape index (κ3) is 1.68. The molecule has 5 atom stereocenters. The van der Waals surface area contributed by atoms with Gasteiger partial charge in [0, 0.05) is 5.41 Å². The number of rotatable bonds is 1. The predicted molar refractivity (Wildman–Crippen MR) is 106 cm³/mol. The van der Waals surface area contributed by atoms with Crippen LogP contribution in [0.25, 0.3) is 11.1 Å². The van der Waals surface area contributed by atoms with Crippen LogP contribution in [-0.4, -0.2) is 7.11 Å². The van der Waals surface area contributed by atoms with Gasteiger partial charge in [0.2, 0.25) is 0 Å². The van der Waals surface area contributed by atoms with Crippen molar-refractivity contribution in [2.45, 2.75) is 38.5 Å². The highest BCUT2D eigenvalue weighted by Crippen LogP contribution is 2.68. The van der Waals surface area contributed by atoms with Crippen LogP contribution in [0.15, 0.2) is 48.0 Å². The van der Waals surface area contributed by atoms with Crippen LogP contribution >= 0.6 is 0 Å². The molecule has 2 aromatic rings. The van der Waals surface area contributed by atoms with E-state index < -0.39 is 0 Å². The lowest BCUT2D eigenvalue weighted by molar-refractivity contribution is 0.354. The maximum Gasteiger partial charge on any atom is 0.119 e. The molecule has 2 fully saturated rings. The van der Waals surface area contributed by atoms with Gasteiger partial charge in [0.1, 0.15) is 5.75 Å². The van der Waals surface area contributed by atoms with Crippen molar-refractivity contribution in [2.24, 2.45) is 23.7 Å². The molecule has 0 N–H and O–H groups in total. The molecule has 26 heavy (non-hydrogen) atoms. The van der Waals surface area contributed by atoms with Gasteiger partial charge in [0.25, 0.3) is 0 Å². The van der Waals surface area contributed by atoms with E-state index in [0.717, 1.165) is 29.4 Å². The van der Waals surface area contributed by atoms with Crippen LogP contribution in [0.2, 0.25) is 0 Å². The Morgan fingerprint density at radius 3 is 2.46 bits per heavy atom. The van der Waals surface area contributed by atoms with E-state index in [9.17, 15) is 0 Å². The maximum atomic E-state index is 5.62. The van der Waals surface area contributed by atoms with E-state index in [4.69, 9.17) is 4.74 Å². The molecular weight excluding hydrogens is 316 g/mol. The Balaban J connectivity index is 1.56. The van der Waals surface area contributed by atoms with Gasteiger partial charge >= 0.3 is 0 Å². The Bertz CT molecular complexity index is 968. The number of fused-ring (bicyclic) bond motifs is 10. The summed E-state index contributed by atoms with van der Waals surface area (Å²) in [5, 5.41) is 0. The van der Waals surface area contributed by atoms with Crippen molar-refractivity contribution in [2.75, 3.05) is 7.11 Å². The highest BCUT2D eigenvalue weighted by Gasteiger charge is 2.59. The Kier molecular flexibility index (Phi) is 2.80. The number of hydrogen-bond donors (Lipinski definition) is 0. The molecule has 1 spiro atoms. The molecule has 0 saturated heterocycles. The molecule has 132 valence electrons. The molecule has 1 heteroatoms. The lowest BCUT2D eigenvalue weighted by atomic mass is 9.73. The smallest absolute Gasteiger partial charge is 0.119 e. The van der Waals surface area contributed by atoms with Crippen LogP contribution in [0.4, 0.5) is 0 Å². The van der Waals surface area contributed by atoms with Crippen molar-refractivity contribution in [3.63, 3.8) is 0 Å². The molecule has 2 bridgehead atoms. The summed E-state index contributed by atoms with van der Waals surface area (Å²) in [6.45, 7) is 4.61. The maximum absolute atomic E-state index is 5.62. The second-order valence-electron chi connectivity index (χ2n) is 9.20. The highest BCUT2D eigenvalue weighted by molar-refractivity contribution is 5.82. The average Bonchev–Trinajstić information content (AvgIpc) is 3.35. The molecule has 0 heterocycles. The SMILES string of the molecule is COc1ccc2c(c1)C1(CC3C4C=C(C)C(C4)C3C1)c1cc(C)ccc1-2. The van der Waals surface area contributed by atoms with Crippen LogP contribution in [-0.2, 0) is 5.41 Å².